The van der Waals surface area contributed by atoms with Crippen LogP contribution in [0.25, 0.3) is 0 Å². The quantitative estimate of drug-likeness (QED) is 0.915. The lowest BCUT2D eigenvalue weighted by Gasteiger charge is -2.31. The molecule has 0 atom stereocenters. The van der Waals surface area contributed by atoms with Crippen LogP contribution >= 0.6 is 0 Å². The molecule has 2 aromatic rings. The van der Waals surface area contributed by atoms with Gasteiger partial charge in [-0.05, 0) is 37.1 Å². The molecule has 1 aromatic carbocycles. The molecule has 2 N–H and O–H groups in total. The molecular weight excluding hydrogens is 294 g/mol. The molecule has 6 heteroatoms. The maximum absolute atomic E-state index is 12.2. The van der Waals surface area contributed by atoms with Gasteiger partial charge in [0, 0.05) is 24.8 Å². The zero-order chi connectivity index (χ0) is 16.1. The number of carbonyl (C=O) groups excluding carboxylic acids is 2. The van der Waals surface area contributed by atoms with Crippen molar-refractivity contribution in [1.82, 2.24) is 10.2 Å². The van der Waals surface area contributed by atoms with Gasteiger partial charge in [0.2, 0.25) is 0 Å². The number of para-hydroxylation sites is 1. The molecule has 23 heavy (non-hydrogen) atoms. The second kappa shape index (κ2) is 7.00. The lowest BCUT2D eigenvalue weighted by molar-refractivity contribution is 0.0676. The van der Waals surface area contributed by atoms with Gasteiger partial charge in [-0.3, -0.25) is 4.79 Å². The van der Waals surface area contributed by atoms with Crippen LogP contribution in [-0.4, -0.2) is 36.0 Å². The van der Waals surface area contributed by atoms with Crippen molar-refractivity contribution in [1.29, 1.82) is 0 Å². The molecular formula is C17H19N3O3. The molecule has 1 aliphatic heterocycles. The van der Waals surface area contributed by atoms with Crippen molar-refractivity contribution in [3.05, 3.63) is 54.5 Å². The smallest absolute Gasteiger partial charge is 0.319 e. The van der Waals surface area contributed by atoms with Crippen molar-refractivity contribution in [3.8, 4) is 0 Å². The van der Waals surface area contributed by atoms with Crippen LogP contribution in [0.5, 0.6) is 0 Å². The van der Waals surface area contributed by atoms with Gasteiger partial charge in [0.1, 0.15) is 0 Å². The molecule has 6 nitrogen and oxygen atoms in total. The summed E-state index contributed by atoms with van der Waals surface area (Å²) in [4.78, 5) is 25.9. The van der Waals surface area contributed by atoms with Crippen molar-refractivity contribution in [2.24, 2.45) is 0 Å². The largest absolute Gasteiger partial charge is 0.459 e. The third-order valence-corrected chi connectivity index (χ3v) is 3.88. The van der Waals surface area contributed by atoms with E-state index >= 15 is 0 Å². The van der Waals surface area contributed by atoms with E-state index in [-0.39, 0.29) is 18.0 Å². The highest BCUT2D eigenvalue weighted by Crippen LogP contribution is 2.14. The highest BCUT2D eigenvalue weighted by molar-refractivity contribution is 5.91. The van der Waals surface area contributed by atoms with Gasteiger partial charge in [-0.1, -0.05) is 18.2 Å². The molecule has 1 aliphatic rings. The summed E-state index contributed by atoms with van der Waals surface area (Å²) in [6, 6.07) is 12.5. The van der Waals surface area contributed by atoms with Crippen LogP contribution in [0.1, 0.15) is 23.4 Å². The van der Waals surface area contributed by atoms with E-state index in [0.29, 0.717) is 18.8 Å². The number of nitrogens with one attached hydrogen (secondary N) is 2. The lowest BCUT2D eigenvalue weighted by atomic mass is 10.0. The fourth-order valence-corrected chi connectivity index (χ4v) is 2.66. The first kappa shape index (κ1) is 15.1. The molecule has 3 rings (SSSR count). The minimum absolute atomic E-state index is 0.0689. The van der Waals surface area contributed by atoms with Crippen LogP contribution in [-0.2, 0) is 0 Å². The number of urea groups is 1. The molecule has 1 aromatic heterocycles. The number of anilines is 1. The lowest BCUT2D eigenvalue weighted by Crippen LogP contribution is -2.47. The molecule has 3 amide bonds. The number of nitrogens with zero attached hydrogens (tertiary/aromatic N) is 1. The number of piperidine rings is 1. The topological polar surface area (TPSA) is 74.6 Å². The first-order valence-corrected chi connectivity index (χ1v) is 7.68. The Morgan fingerprint density at radius 3 is 2.43 bits per heavy atom. The third kappa shape index (κ3) is 3.91. The molecule has 120 valence electrons. The van der Waals surface area contributed by atoms with E-state index in [1.165, 1.54) is 6.26 Å². The SMILES string of the molecule is O=C(Nc1ccccc1)NC1CCN(C(=O)c2ccco2)CC1. The molecule has 1 saturated heterocycles. The molecule has 0 unspecified atom stereocenters. The molecule has 0 aliphatic carbocycles. The van der Waals surface area contributed by atoms with Gasteiger partial charge in [0.05, 0.1) is 6.26 Å². The van der Waals surface area contributed by atoms with Crippen molar-refractivity contribution < 1.29 is 14.0 Å². The van der Waals surface area contributed by atoms with Gasteiger partial charge < -0.3 is 20.0 Å². The average molecular weight is 313 g/mol. The van der Waals surface area contributed by atoms with Gasteiger partial charge in [-0.2, -0.15) is 0 Å². The fraction of sp³-hybridized carbons (Fsp3) is 0.294. The summed E-state index contributed by atoms with van der Waals surface area (Å²) in [5.41, 5.74) is 0.760. The van der Waals surface area contributed by atoms with Crippen molar-refractivity contribution in [3.63, 3.8) is 0 Å². The Bertz CT molecular complexity index is 647. The van der Waals surface area contributed by atoms with E-state index in [9.17, 15) is 9.59 Å². The zero-order valence-electron chi connectivity index (χ0n) is 12.7. The summed E-state index contributed by atoms with van der Waals surface area (Å²) in [6.45, 7) is 1.21. The zero-order valence-corrected chi connectivity index (χ0v) is 12.7. The van der Waals surface area contributed by atoms with E-state index in [4.69, 9.17) is 4.42 Å². The van der Waals surface area contributed by atoms with Crippen LogP contribution in [0.15, 0.2) is 53.1 Å². The second-order valence-corrected chi connectivity index (χ2v) is 5.51. The Morgan fingerprint density at radius 2 is 1.78 bits per heavy atom. The summed E-state index contributed by atoms with van der Waals surface area (Å²) in [7, 11) is 0. The second-order valence-electron chi connectivity index (χ2n) is 5.51. The summed E-state index contributed by atoms with van der Waals surface area (Å²) >= 11 is 0. The Labute approximate surface area is 134 Å². The van der Waals surface area contributed by atoms with E-state index in [0.717, 1.165) is 18.5 Å². The highest BCUT2D eigenvalue weighted by Gasteiger charge is 2.25. The number of furan rings is 1. The van der Waals surface area contributed by atoms with Crippen molar-refractivity contribution in [2.75, 3.05) is 18.4 Å². The van der Waals surface area contributed by atoms with Crippen LogP contribution in [0.2, 0.25) is 0 Å². The number of rotatable bonds is 3. The van der Waals surface area contributed by atoms with Gasteiger partial charge >= 0.3 is 6.03 Å². The monoisotopic (exact) mass is 313 g/mol. The van der Waals surface area contributed by atoms with Gasteiger partial charge in [-0.25, -0.2) is 4.79 Å². The minimum atomic E-state index is -0.216. The van der Waals surface area contributed by atoms with Gasteiger partial charge in [0.15, 0.2) is 5.76 Å². The molecule has 1 fully saturated rings. The predicted octanol–water partition coefficient (Wildman–Crippen LogP) is 2.71. The molecule has 0 spiro atoms. The molecule has 2 heterocycles. The Balaban J connectivity index is 1.46. The van der Waals surface area contributed by atoms with Gasteiger partial charge in [-0.15, -0.1) is 0 Å². The number of hydrogen-bond acceptors (Lipinski definition) is 3. The fourth-order valence-electron chi connectivity index (χ4n) is 2.66. The van der Waals surface area contributed by atoms with E-state index in [1.807, 2.05) is 30.3 Å². The molecule has 0 radical (unpaired) electrons. The van der Waals surface area contributed by atoms with Crippen molar-refractivity contribution >= 4 is 17.6 Å². The number of hydrogen-bond donors (Lipinski definition) is 2. The van der Waals surface area contributed by atoms with E-state index in [1.54, 1.807) is 17.0 Å². The number of likely N-dealkylation sites (tertiary alicyclic amines) is 1. The summed E-state index contributed by atoms with van der Waals surface area (Å²) < 4.78 is 5.14. The summed E-state index contributed by atoms with van der Waals surface area (Å²) in [5.74, 6) is 0.264. The maximum atomic E-state index is 12.2. The first-order valence-electron chi connectivity index (χ1n) is 7.68. The normalized spacial score (nSPS) is 15.2. The van der Waals surface area contributed by atoms with E-state index in [2.05, 4.69) is 10.6 Å². The minimum Gasteiger partial charge on any atom is -0.459 e. The number of amides is 3. The van der Waals surface area contributed by atoms with Crippen LogP contribution in [0.3, 0.4) is 0 Å². The standard InChI is InChI=1S/C17H19N3O3/c21-16(15-7-4-12-23-15)20-10-8-14(9-11-20)19-17(22)18-13-5-2-1-3-6-13/h1-7,12,14H,8-11H2,(H2,18,19,22). The van der Waals surface area contributed by atoms with Gasteiger partial charge in [0.25, 0.3) is 5.91 Å². The average Bonchev–Trinajstić information content (AvgIpc) is 3.10. The van der Waals surface area contributed by atoms with E-state index < -0.39 is 0 Å². The Morgan fingerprint density at radius 1 is 1.04 bits per heavy atom. The molecule has 0 bridgehead atoms. The summed E-state index contributed by atoms with van der Waals surface area (Å²) in [6.07, 6.45) is 2.96. The van der Waals surface area contributed by atoms with Crippen LogP contribution in [0, 0.1) is 0 Å². The predicted molar refractivity (Wildman–Crippen MR) is 86.2 cm³/mol. The highest BCUT2D eigenvalue weighted by atomic mass is 16.3. The number of carbonyl (C=O) groups is 2. The van der Waals surface area contributed by atoms with Crippen LogP contribution < -0.4 is 10.6 Å². The number of benzene rings is 1. The molecule has 0 saturated carbocycles. The van der Waals surface area contributed by atoms with Crippen LogP contribution in [0.4, 0.5) is 10.5 Å². The maximum Gasteiger partial charge on any atom is 0.319 e. The Kier molecular flexibility index (Phi) is 4.61. The van der Waals surface area contributed by atoms with Crippen molar-refractivity contribution in [2.45, 2.75) is 18.9 Å². The Hall–Kier alpha value is -2.76. The third-order valence-electron chi connectivity index (χ3n) is 3.88. The summed E-state index contributed by atoms with van der Waals surface area (Å²) in [5, 5.41) is 5.75. The first-order chi connectivity index (χ1) is 11.2.